The van der Waals surface area contributed by atoms with Crippen molar-refractivity contribution in [2.24, 2.45) is 0 Å². The normalized spacial score (nSPS) is 17.4. The van der Waals surface area contributed by atoms with Gasteiger partial charge in [0.05, 0.1) is 42.5 Å². The van der Waals surface area contributed by atoms with Crippen LogP contribution in [0.1, 0.15) is 27.6 Å². The number of fused-ring (bicyclic) bond motifs is 1. The highest BCUT2D eigenvalue weighted by atomic mass is 16.6. The van der Waals surface area contributed by atoms with Gasteiger partial charge in [-0.15, -0.1) is 0 Å². The Morgan fingerprint density at radius 1 is 1.12 bits per heavy atom. The molecule has 2 amide bonds. The molecule has 2 aliphatic heterocycles. The fraction of sp³-hybridized carbons (Fsp3) is 0.348. The summed E-state index contributed by atoms with van der Waals surface area (Å²) in [6, 6.07) is 10.1. The monoisotopic (exact) mass is 469 g/mol. The first-order chi connectivity index (χ1) is 16.4. The highest BCUT2D eigenvalue weighted by Gasteiger charge is 2.37. The maximum absolute atomic E-state index is 13.6. The Bertz CT molecular complexity index is 1130. The molecule has 2 aliphatic rings. The van der Waals surface area contributed by atoms with Gasteiger partial charge in [0.15, 0.2) is 6.10 Å². The minimum Gasteiger partial charge on any atom is -0.476 e. The van der Waals surface area contributed by atoms with Crippen molar-refractivity contribution in [3.8, 4) is 5.75 Å². The molecular weight excluding hydrogens is 446 g/mol. The van der Waals surface area contributed by atoms with Crippen LogP contribution in [0.15, 0.2) is 42.5 Å². The number of nitro groups is 1. The first kappa shape index (κ1) is 23.2. The number of carbonyl (C=O) groups is 3. The van der Waals surface area contributed by atoms with Crippen molar-refractivity contribution in [1.82, 2.24) is 4.90 Å². The average Bonchev–Trinajstić information content (AvgIpc) is 2.87. The van der Waals surface area contributed by atoms with Crippen LogP contribution in [0.4, 0.5) is 11.4 Å². The van der Waals surface area contributed by atoms with Crippen molar-refractivity contribution in [1.29, 1.82) is 0 Å². The van der Waals surface area contributed by atoms with Gasteiger partial charge >= 0.3 is 5.97 Å². The number of amides is 2. The van der Waals surface area contributed by atoms with Gasteiger partial charge in [-0.05, 0) is 25.1 Å². The van der Waals surface area contributed by atoms with Crippen LogP contribution in [0.5, 0.6) is 5.75 Å². The number of hydrogen-bond acceptors (Lipinski definition) is 8. The van der Waals surface area contributed by atoms with Gasteiger partial charge in [0.2, 0.25) is 0 Å². The zero-order valence-corrected chi connectivity index (χ0v) is 18.5. The largest absolute Gasteiger partial charge is 0.476 e. The predicted molar refractivity (Wildman–Crippen MR) is 119 cm³/mol. The predicted octanol–water partition coefficient (Wildman–Crippen LogP) is 2.04. The van der Waals surface area contributed by atoms with Crippen LogP contribution in [-0.2, 0) is 14.3 Å². The van der Waals surface area contributed by atoms with Crippen molar-refractivity contribution in [2.45, 2.75) is 13.0 Å². The molecule has 11 heteroatoms. The van der Waals surface area contributed by atoms with E-state index in [1.54, 1.807) is 36.1 Å². The van der Waals surface area contributed by atoms with Crippen molar-refractivity contribution < 1.29 is 33.5 Å². The summed E-state index contributed by atoms with van der Waals surface area (Å²) in [6.07, 6.45) is -0.958. The van der Waals surface area contributed by atoms with E-state index in [4.69, 9.17) is 14.2 Å². The van der Waals surface area contributed by atoms with Crippen LogP contribution in [0.2, 0.25) is 0 Å². The lowest BCUT2D eigenvalue weighted by Crippen LogP contribution is -2.54. The maximum Gasteiger partial charge on any atom is 0.338 e. The summed E-state index contributed by atoms with van der Waals surface area (Å²) in [6.45, 7) is 3.27. The maximum atomic E-state index is 13.6. The Morgan fingerprint density at radius 3 is 2.53 bits per heavy atom. The number of para-hydroxylation sites is 2. The second-order valence-corrected chi connectivity index (χ2v) is 7.67. The molecule has 0 spiro atoms. The van der Waals surface area contributed by atoms with E-state index in [0.29, 0.717) is 37.7 Å². The first-order valence-corrected chi connectivity index (χ1v) is 10.8. The number of morpholine rings is 1. The molecule has 0 N–H and O–H groups in total. The van der Waals surface area contributed by atoms with Gasteiger partial charge in [-0.1, -0.05) is 12.1 Å². The van der Waals surface area contributed by atoms with Gasteiger partial charge in [0.25, 0.3) is 17.5 Å². The van der Waals surface area contributed by atoms with Crippen molar-refractivity contribution >= 4 is 29.2 Å². The molecule has 2 heterocycles. The third-order valence-corrected chi connectivity index (χ3v) is 5.50. The van der Waals surface area contributed by atoms with E-state index in [1.807, 2.05) is 0 Å². The molecule has 0 radical (unpaired) electrons. The molecule has 2 aromatic rings. The number of carbonyl (C=O) groups excluding carboxylic acids is 3. The minimum atomic E-state index is -0.958. The summed E-state index contributed by atoms with van der Waals surface area (Å²) in [5.74, 6) is -1.32. The Balaban J connectivity index is 1.69. The molecule has 11 nitrogen and oxygen atoms in total. The van der Waals surface area contributed by atoms with Crippen LogP contribution in [0.25, 0.3) is 0 Å². The Kier molecular flexibility index (Phi) is 6.73. The van der Waals surface area contributed by atoms with E-state index in [2.05, 4.69) is 0 Å². The van der Waals surface area contributed by atoms with Crippen molar-refractivity contribution in [3.05, 3.63) is 63.7 Å². The molecule has 34 heavy (non-hydrogen) atoms. The Hall–Kier alpha value is -3.99. The zero-order valence-electron chi connectivity index (χ0n) is 18.5. The molecule has 1 saturated heterocycles. The highest BCUT2D eigenvalue weighted by molar-refractivity contribution is 6.09. The number of esters is 1. The number of nitrogens with zero attached hydrogens (tertiary/aromatic N) is 3. The second-order valence-electron chi connectivity index (χ2n) is 7.67. The van der Waals surface area contributed by atoms with E-state index in [1.165, 1.54) is 11.0 Å². The molecule has 178 valence electrons. The summed E-state index contributed by atoms with van der Waals surface area (Å²) >= 11 is 0. The lowest BCUT2D eigenvalue weighted by Gasteiger charge is -2.37. The van der Waals surface area contributed by atoms with Crippen LogP contribution in [-0.4, -0.2) is 73.2 Å². The molecule has 0 saturated carbocycles. The van der Waals surface area contributed by atoms with Gasteiger partial charge in [-0.2, -0.15) is 0 Å². The summed E-state index contributed by atoms with van der Waals surface area (Å²) in [5, 5.41) is 11.4. The van der Waals surface area contributed by atoms with E-state index < -0.39 is 28.6 Å². The van der Waals surface area contributed by atoms with Crippen LogP contribution >= 0.6 is 0 Å². The minimum absolute atomic E-state index is 0.0764. The summed E-state index contributed by atoms with van der Waals surface area (Å²) in [4.78, 5) is 52.6. The van der Waals surface area contributed by atoms with Gasteiger partial charge in [0, 0.05) is 30.8 Å². The average molecular weight is 469 g/mol. The standard InChI is InChI=1S/C23H23N3O8/c1-2-33-23(29)16-11-15(12-17(13-16)26(30)31)21(27)25-14-20(22(28)24-7-9-32-10-8-24)34-19-6-4-3-5-18(19)25/h3-6,11-13,20H,2,7-10,14H2,1H3. The fourth-order valence-electron chi connectivity index (χ4n) is 3.87. The Morgan fingerprint density at radius 2 is 1.82 bits per heavy atom. The molecule has 4 rings (SSSR count). The highest BCUT2D eigenvalue weighted by Crippen LogP contribution is 2.35. The van der Waals surface area contributed by atoms with Gasteiger partial charge in [-0.25, -0.2) is 4.79 Å². The quantitative estimate of drug-likeness (QED) is 0.370. The number of benzene rings is 2. The topological polar surface area (TPSA) is 129 Å². The van der Waals surface area contributed by atoms with Gasteiger partial charge in [-0.3, -0.25) is 19.7 Å². The third kappa shape index (κ3) is 4.69. The first-order valence-electron chi connectivity index (χ1n) is 10.8. The fourth-order valence-corrected chi connectivity index (χ4v) is 3.87. The van der Waals surface area contributed by atoms with E-state index in [-0.39, 0.29) is 30.2 Å². The number of rotatable bonds is 5. The number of nitro benzene ring substituents is 1. The second kappa shape index (κ2) is 9.87. The number of anilines is 1. The molecule has 0 bridgehead atoms. The summed E-state index contributed by atoms with van der Waals surface area (Å²) in [5.41, 5.74) is -0.187. The van der Waals surface area contributed by atoms with Gasteiger partial charge < -0.3 is 24.0 Å². The van der Waals surface area contributed by atoms with Gasteiger partial charge in [0.1, 0.15) is 5.75 Å². The smallest absolute Gasteiger partial charge is 0.338 e. The molecular formula is C23H23N3O8. The SMILES string of the molecule is CCOC(=O)c1cc(C(=O)N2CC(C(=O)N3CCOCC3)Oc3ccccc32)cc([N+](=O)[O-])c1. The molecule has 1 atom stereocenters. The Labute approximate surface area is 194 Å². The molecule has 2 aromatic carbocycles. The number of hydrogen-bond donors (Lipinski definition) is 0. The summed E-state index contributed by atoms with van der Waals surface area (Å²) < 4.78 is 16.2. The lowest BCUT2D eigenvalue weighted by molar-refractivity contribution is -0.384. The summed E-state index contributed by atoms with van der Waals surface area (Å²) in [7, 11) is 0. The van der Waals surface area contributed by atoms with Crippen LogP contribution in [0.3, 0.4) is 0 Å². The van der Waals surface area contributed by atoms with E-state index in [9.17, 15) is 24.5 Å². The van der Waals surface area contributed by atoms with Crippen molar-refractivity contribution in [3.63, 3.8) is 0 Å². The van der Waals surface area contributed by atoms with Crippen molar-refractivity contribution in [2.75, 3.05) is 44.4 Å². The van der Waals surface area contributed by atoms with E-state index >= 15 is 0 Å². The van der Waals surface area contributed by atoms with Crippen LogP contribution < -0.4 is 9.64 Å². The van der Waals surface area contributed by atoms with E-state index in [0.717, 1.165) is 12.1 Å². The third-order valence-electron chi connectivity index (χ3n) is 5.50. The molecule has 1 fully saturated rings. The lowest BCUT2D eigenvalue weighted by atomic mass is 10.1. The number of ether oxygens (including phenoxy) is 3. The zero-order chi connectivity index (χ0) is 24.2. The molecule has 0 aromatic heterocycles. The van der Waals surface area contributed by atoms with Crippen LogP contribution in [0, 0.1) is 10.1 Å². The molecule has 1 unspecified atom stereocenters. The molecule has 0 aliphatic carbocycles. The number of non-ortho nitro benzene ring substituents is 1.